The molecule has 2 aromatic rings. The topological polar surface area (TPSA) is 29.5 Å². The van der Waals surface area contributed by atoms with E-state index in [1.807, 2.05) is 49.4 Å². The average molecular weight is 335 g/mol. The number of rotatable bonds is 5. The van der Waals surface area contributed by atoms with Gasteiger partial charge in [-0.1, -0.05) is 40.2 Å². The summed E-state index contributed by atoms with van der Waals surface area (Å²) in [6.45, 7) is 2.03. The van der Waals surface area contributed by atoms with Crippen LogP contribution in [0.4, 0.5) is 0 Å². The van der Waals surface area contributed by atoms with Crippen molar-refractivity contribution in [2.75, 3.05) is 7.11 Å². The Balaban J connectivity index is 1.96. The SMILES string of the molecule is COc1ccc(CCC(O)c2ccc(Br)c(C)c2)cc1. The Morgan fingerprint density at radius 3 is 2.45 bits per heavy atom. The van der Waals surface area contributed by atoms with E-state index in [1.165, 1.54) is 5.56 Å². The highest BCUT2D eigenvalue weighted by atomic mass is 79.9. The molecule has 0 saturated heterocycles. The van der Waals surface area contributed by atoms with Gasteiger partial charge in [-0.3, -0.25) is 0 Å². The van der Waals surface area contributed by atoms with E-state index in [4.69, 9.17) is 4.74 Å². The number of halogens is 1. The van der Waals surface area contributed by atoms with Crippen LogP contribution in [0.2, 0.25) is 0 Å². The first-order chi connectivity index (χ1) is 9.60. The van der Waals surface area contributed by atoms with E-state index in [2.05, 4.69) is 15.9 Å². The van der Waals surface area contributed by atoms with E-state index in [0.717, 1.165) is 27.8 Å². The molecular formula is C17H19BrO2. The third-order valence-electron chi connectivity index (χ3n) is 3.43. The Bertz CT molecular complexity index is 564. The number of benzene rings is 2. The lowest BCUT2D eigenvalue weighted by Crippen LogP contribution is -2.00. The van der Waals surface area contributed by atoms with Gasteiger partial charge in [-0.15, -0.1) is 0 Å². The Morgan fingerprint density at radius 2 is 1.85 bits per heavy atom. The van der Waals surface area contributed by atoms with Gasteiger partial charge < -0.3 is 9.84 Å². The fraction of sp³-hybridized carbons (Fsp3) is 0.294. The molecular weight excluding hydrogens is 316 g/mol. The summed E-state index contributed by atoms with van der Waals surface area (Å²) in [6, 6.07) is 14.0. The second-order valence-corrected chi connectivity index (χ2v) is 5.77. The Hall–Kier alpha value is -1.32. The normalized spacial score (nSPS) is 12.2. The third kappa shape index (κ3) is 3.84. The first-order valence-electron chi connectivity index (χ1n) is 6.67. The fourth-order valence-corrected chi connectivity index (χ4v) is 2.38. The summed E-state index contributed by atoms with van der Waals surface area (Å²) < 4.78 is 6.21. The van der Waals surface area contributed by atoms with E-state index in [0.29, 0.717) is 6.42 Å². The Morgan fingerprint density at radius 1 is 1.15 bits per heavy atom. The number of hydrogen-bond acceptors (Lipinski definition) is 2. The van der Waals surface area contributed by atoms with Crippen LogP contribution in [0, 0.1) is 6.92 Å². The second-order valence-electron chi connectivity index (χ2n) is 4.91. The van der Waals surface area contributed by atoms with Crippen LogP contribution in [0.1, 0.15) is 29.2 Å². The molecule has 2 nitrogen and oxygen atoms in total. The summed E-state index contributed by atoms with van der Waals surface area (Å²) in [4.78, 5) is 0. The lowest BCUT2D eigenvalue weighted by atomic mass is 10.00. The van der Waals surface area contributed by atoms with Gasteiger partial charge in [0.2, 0.25) is 0 Å². The number of methoxy groups -OCH3 is 1. The molecule has 0 radical (unpaired) electrons. The van der Waals surface area contributed by atoms with Crippen molar-refractivity contribution < 1.29 is 9.84 Å². The van der Waals surface area contributed by atoms with Crippen molar-refractivity contribution in [2.45, 2.75) is 25.9 Å². The quantitative estimate of drug-likeness (QED) is 0.876. The summed E-state index contributed by atoms with van der Waals surface area (Å²) in [7, 11) is 1.66. The van der Waals surface area contributed by atoms with Crippen LogP contribution >= 0.6 is 15.9 Å². The predicted octanol–water partition coefficient (Wildman–Crippen LogP) is 4.43. The molecule has 2 aromatic carbocycles. The Kier molecular flexibility index (Phi) is 5.21. The summed E-state index contributed by atoms with van der Waals surface area (Å²) >= 11 is 3.47. The molecule has 0 aliphatic heterocycles. The van der Waals surface area contributed by atoms with Gasteiger partial charge in [0.25, 0.3) is 0 Å². The van der Waals surface area contributed by atoms with Crippen LogP contribution in [-0.4, -0.2) is 12.2 Å². The van der Waals surface area contributed by atoms with Gasteiger partial charge >= 0.3 is 0 Å². The predicted molar refractivity (Wildman–Crippen MR) is 85.2 cm³/mol. The van der Waals surface area contributed by atoms with Gasteiger partial charge in [0.1, 0.15) is 5.75 Å². The zero-order valence-electron chi connectivity index (χ0n) is 11.8. The lowest BCUT2D eigenvalue weighted by Gasteiger charge is -2.12. The molecule has 20 heavy (non-hydrogen) atoms. The maximum Gasteiger partial charge on any atom is 0.118 e. The molecule has 1 atom stereocenters. The van der Waals surface area contributed by atoms with Gasteiger partial charge in [-0.25, -0.2) is 0 Å². The molecule has 0 aromatic heterocycles. The van der Waals surface area contributed by atoms with Crippen LogP contribution < -0.4 is 4.74 Å². The fourth-order valence-electron chi connectivity index (χ4n) is 2.14. The van der Waals surface area contributed by atoms with E-state index < -0.39 is 6.10 Å². The molecule has 0 aliphatic carbocycles. The van der Waals surface area contributed by atoms with Gasteiger partial charge in [0.05, 0.1) is 13.2 Å². The smallest absolute Gasteiger partial charge is 0.118 e. The number of aryl methyl sites for hydroxylation is 2. The van der Waals surface area contributed by atoms with Gasteiger partial charge in [0.15, 0.2) is 0 Å². The van der Waals surface area contributed by atoms with Crippen molar-refractivity contribution in [1.29, 1.82) is 0 Å². The number of aliphatic hydroxyl groups excluding tert-OH is 1. The van der Waals surface area contributed by atoms with Crippen molar-refractivity contribution >= 4 is 15.9 Å². The molecule has 3 heteroatoms. The third-order valence-corrected chi connectivity index (χ3v) is 4.32. The molecule has 0 fully saturated rings. The minimum absolute atomic E-state index is 0.427. The summed E-state index contributed by atoms with van der Waals surface area (Å²) in [5.41, 5.74) is 3.32. The van der Waals surface area contributed by atoms with Crippen molar-refractivity contribution in [3.8, 4) is 5.75 Å². The maximum atomic E-state index is 10.3. The monoisotopic (exact) mass is 334 g/mol. The van der Waals surface area contributed by atoms with Crippen LogP contribution in [0.15, 0.2) is 46.9 Å². The highest BCUT2D eigenvalue weighted by molar-refractivity contribution is 9.10. The highest BCUT2D eigenvalue weighted by Crippen LogP contribution is 2.24. The minimum atomic E-state index is -0.427. The molecule has 0 aliphatic rings. The van der Waals surface area contributed by atoms with Crippen LogP contribution in [0.5, 0.6) is 5.75 Å². The average Bonchev–Trinajstić information content (AvgIpc) is 2.48. The summed E-state index contributed by atoms with van der Waals surface area (Å²) in [5.74, 6) is 0.859. The first-order valence-corrected chi connectivity index (χ1v) is 7.46. The van der Waals surface area contributed by atoms with Crippen molar-refractivity contribution in [2.24, 2.45) is 0 Å². The summed E-state index contributed by atoms with van der Waals surface area (Å²) in [5, 5.41) is 10.3. The van der Waals surface area contributed by atoms with Crippen molar-refractivity contribution in [3.05, 3.63) is 63.6 Å². The highest BCUT2D eigenvalue weighted by Gasteiger charge is 2.09. The maximum absolute atomic E-state index is 10.3. The Labute approximate surface area is 128 Å². The zero-order valence-corrected chi connectivity index (χ0v) is 13.4. The molecule has 106 valence electrons. The molecule has 0 amide bonds. The van der Waals surface area contributed by atoms with Crippen LogP contribution in [0.25, 0.3) is 0 Å². The standard InChI is InChI=1S/C17H19BrO2/c1-12-11-14(6-9-16(12)18)17(19)10-5-13-3-7-15(20-2)8-4-13/h3-4,6-9,11,17,19H,5,10H2,1-2H3. The molecule has 0 saturated carbocycles. The van der Waals surface area contributed by atoms with Crippen LogP contribution in [-0.2, 0) is 6.42 Å². The molecule has 2 rings (SSSR count). The zero-order chi connectivity index (χ0) is 14.5. The van der Waals surface area contributed by atoms with Crippen molar-refractivity contribution in [3.63, 3.8) is 0 Å². The van der Waals surface area contributed by atoms with E-state index >= 15 is 0 Å². The number of hydrogen-bond donors (Lipinski definition) is 1. The van der Waals surface area contributed by atoms with E-state index in [1.54, 1.807) is 7.11 Å². The van der Waals surface area contributed by atoms with Gasteiger partial charge in [-0.2, -0.15) is 0 Å². The van der Waals surface area contributed by atoms with E-state index in [9.17, 15) is 5.11 Å². The van der Waals surface area contributed by atoms with Gasteiger partial charge in [-0.05, 0) is 54.7 Å². The van der Waals surface area contributed by atoms with Gasteiger partial charge in [0, 0.05) is 4.47 Å². The van der Waals surface area contributed by atoms with E-state index in [-0.39, 0.29) is 0 Å². The molecule has 0 spiro atoms. The molecule has 0 bridgehead atoms. The molecule has 0 heterocycles. The lowest BCUT2D eigenvalue weighted by molar-refractivity contribution is 0.168. The minimum Gasteiger partial charge on any atom is -0.497 e. The second kappa shape index (κ2) is 6.91. The number of ether oxygens (including phenoxy) is 1. The largest absolute Gasteiger partial charge is 0.497 e. The number of aliphatic hydroxyl groups is 1. The molecule has 1 unspecified atom stereocenters. The molecule has 1 N–H and O–H groups in total. The van der Waals surface area contributed by atoms with Crippen LogP contribution in [0.3, 0.4) is 0 Å². The summed E-state index contributed by atoms with van der Waals surface area (Å²) in [6.07, 6.45) is 1.14. The first kappa shape index (κ1) is 15.1. The van der Waals surface area contributed by atoms with Crippen molar-refractivity contribution in [1.82, 2.24) is 0 Å².